The van der Waals surface area contributed by atoms with Crippen LogP contribution in [-0.4, -0.2) is 35.9 Å². The molecule has 0 saturated carbocycles. The third-order valence-corrected chi connectivity index (χ3v) is 4.34. The van der Waals surface area contributed by atoms with Crippen LogP contribution >= 0.6 is 0 Å². The van der Waals surface area contributed by atoms with Crippen molar-refractivity contribution in [1.29, 1.82) is 0 Å². The van der Waals surface area contributed by atoms with Crippen LogP contribution in [0.4, 0.5) is 5.69 Å². The van der Waals surface area contributed by atoms with Crippen LogP contribution in [0.1, 0.15) is 26.4 Å². The first kappa shape index (κ1) is 19.2. The van der Waals surface area contributed by atoms with E-state index in [1.54, 1.807) is 49.2 Å². The minimum atomic E-state index is -0.467. The largest absolute Gasteiger partial charge is 0.496 e. The second kappa shape index (κ2) is 7.96. The number of anilines is 1. The summed E-state index contributed by atoms with van der Waals surface area (Å²) < 4.78 is 11.6. The maximum absolute atomic E-state index is 12.6. The van der Waals surface area contributed by atoms with Gasteiger partial charge in [0.25, 0.3) is 5.91 Å². The van der Waals surface area contributed by atoms with Crippen LogP contribution < -0.4 is 10.1 Å². The van der Waals surface area contributed by atoms with Crippen LogP contribution in [0.5, 0.6) is 5.75 Å². The molecule has 1 aromatic heterocycles. The van der Waals surface area contributed by atoms with Crippen molar-refractivity contribution in [2.75, 3.05) is 19.5 Å². The lowest BCUT2D eigenvalue weighted by Crippen LogP contribution is -2.13. The average Bonchev–Trinajstić information content (AvgIpc) is 3.09. The molecule has 0 radical (unpaired) electrons. The van der Waals surface area contributed by atoms with Crippen LogP contribution in [0, 0.1) is 6.92 Å². The molecule has 0 atom stereocenters. The van der Waals surface area contributed by atoms with Gasteiger partial charge in [0, 0.05) is 18.3 Å². The van der Waals surface area contributed by atoms with E-state index in [1.165, 1.54) is 7.11 Å². The van der Waals surface area contributed by atoms with Gasteiger partial charge in [-0.05, 0) is 55.0 Å². The number of nitrogens with one attached hydrogen (secondary N) is 1. The van der Waals surface area contributed by atoms with E-state index in [9.17, 15) is 9.59 Å². The number of aromatic nitrogens is 2. The molecule has 0 aliphatic heterocycles. The number of nitrogens with zero attached hydrogens (tertiary/aromatic N) is 2. The molecule has 1 amide bonds. The highest BCUT2D eigenvalue weighted by atomic mass is 16.5. The van der Waals surface area contributed by atoms with Gasteiger partial charge in [-0.3, -0.25) is 9.48 Å². The lowest BCUT2D eigenvalue weighted by Gasteiger charge is -2.07. The van der Waals surface area contributed by atoms with Gasteiger partial charge in [-0.2, -0.15) is 5.10 Å². The molecule has 0 aliphatic carbocycles. The Balaban J connectivity index is 1.84. The summed E-state index contributed by atoms with van der Waals surface area (Å²) in [7, 11) is 4.72. The van der Waals surface area contributed by atoms with E-state index in [0.29, 0.717) is 11.3 Å². The lowest BCUT2D eigenvalue weighted by molar-refractivity contribution is 0.0600. The number of rotatable bonds is 5. The molecule has 1 N–H and O–H groups in total. The Labute approximate surface area is 162 Å². The number of hydrogen-bond donors (Lipinski definition) is 1. The van der Waals surface area contributed by atoms with E-state index in [0.717, 1.165) is 22.6 Å². The van der Waals surface area contributed by atoms with Crippen molar-refractivity contribution in [2.24, 2.45) is 7.05 Å². The van der Waals surface area contributed by atoms with Crippen molar-refractivity contribution < 1.29 is 19.1 Å². The van der Waals surface area contributed by atoms with Crippen LogP contribution in [0.3, 0.4) is 0 Å². The Morgan fingerprint density at radius 1 is 1.07 bits per heavy atom. The number of ether oxygens (including phenoxy) is 2. The van der Waals surface area contributed by atoms with Crippen molar-refractivity contribution in [3.8, 4) is 17.0 Å². The first-order valence-electron chi connectivity index (χ1n) is 8.61. The molecule has 1 heterocycles. The number of carbonyl (C=O) groups is 2. The number of benzene rings is 2. The van der Waals surface area contributed by atoms with E-state index in [4.69, 9.17) is 9.47 Å². The van der Waals surface area contributed by atoms with Crippen LogP contribution in [0.25, 0.3) is 11.3 Å². The van der Waals surface area contributed by atoms with Gasteiger partial charge >= 0.3 is 5.97 Å². The van der Waals surface area contributed by atoms with Crippen molar-refractivity contribution in [3.05, 3.63) is 65.4 Å². The molecule has 0 saturated heterocycles. The van der Waals surface area contributed by atoms with Crippen molar-refractivity contribution >= 4 is 17.6 Å². The molecular weight excluding hydrogens is 358 g/mol. The van der Waals surface area contributed by atoms with E-state index in [2.05, 4.69) is 10.4 Å². The van der Waals surface area contributed by atoms with Gasteiger partial charge in [-0.25, -0.2) is 4.79 Å². The number of aryl methyl sites for hydroxylation is 2. The molecule has 0 aliphatic rings. The zero-order valence-electron chi connectivity index (χ0n) is 16.1. The van der Waals surface area contributed by atoms with Gasteiger partial charge in [0.2, 0.25) is 0 Å². The molecule has 144 valence electrons. The number of amides is 1. The summed E-state index contributed by atoms with van der Waals surface area (Å²) in [5, 5.41) is 7.07. The molecule has 3 aromatic rings. The third kappa shape index (κ3) is 3.88. The first-order chi connectivity index (χ1) is 13.4. The Morgan fingerprint density at radius 3 is 2.54 bits per heavy atom. The van der Waals surface area contributed by atoms with Gasteiger partial charge < -0.3 is 14.8 Å². The predicted octanol–water partition coefficient (Wildman–Crippen LogP) is 3.44. The highest BCUT2D eigenvalue weighted by molar-refractivity contribution is 6.04. The SMILES string of the molecule is COC(=O)c1cccc(NC(=O)c2cc(-c3ccc(OC)c(C)c3)n(C)n2)c1. The fourth-order valence-electron chi connectivity index (χ4n) is 2.92. The van der Waals surface area contributed by atoms with Crippen LogP contribution in [-0.2, 0) is 11.8 Å². The second-order valence-corrected chi connectivity index (χ2v) is 6.25. The topological polar surface area (TPSA) is 82.5 Å². The molecule has 2 aromatic carbocycles. The highest BCUT2D eigenvalue weighted by Gasteiger charge is 2.16. The maximum atomic E-state index is 12.6. The summed E-state index contributed by atoms with van der Waals surface area (Å²) in [6.45, 7) is 1.96. The Kier molecular flexibility index (Phi) is 5.44. The second-order valence-electron chi connectivity index (χ2n) is 6.25. The maximum Gasteiger partial charge on any atom is 0.337 e. The minimum absolute atomic E-state index is 0.273. The first-order valence-corrected chi connectivity index (χ1v) is 8.61. The molecule has 0 bridgehead atoms. The number of carbonyl (C=O) groups excluding carboxylic acids is 2. The minimum Gasteiger partial charge on any atom is -0.496 e. The normalized spacial score (nSPS) is 10.4. The fourth-order valence-corrected chi connectivity index (χ4v) is 2.92. The fraction of sp³-hybridized carbons (Fsp3) is 0.190. The average molecular weight is 379 g/mol. The molecule has 28 heavy (non-hydrogen) atoms. The molecule has 0 spiro atoms. The number of methoxy groups -OCH3 is 2. The zero-order chi connectivity index (χ0) is 20.3. The van der Waals surface area contributed by atoms with Crippen LogP contribution in [0.15, 0.2) is 48.5 Å². The highest BCUT2D eigenvalue weighted by Crippen LogP contribution is 2.26. The van der Waals surface area contributed by atoms with Gasteiger partial charge in [-0.15, -0.1) is 0 Å². The van der Waals surface area contributed by atoms with Crippen molar-refractivity contribution in [3.63, 3.8) is 0 Å². The quantitative estimate of drug-likeness (QED) is 0.687. The standard InChI is InChI=1S/C21H21N3O4/c1-13-10-14(8-9-19(13)27-3)18-12-17(23-24(18)2)20(25)22-16-7-5-6-15(11-16)21(26)28-4/h5-12H,1-4H3,(H,22,25). The van der Waals surface area contributed by atoms with Gasteiger partial charge in [-0.1, -0.05) is 6.07 Å². The molecule has 7 nitrogen and oxygen atoms in total. The monoisotopic (exact) mass is 379 g/mol. The van der Waals surface area contributed by atoms with Crippen LogP contribution in [0.2, 0.25) is 0 Å². The molecular formula is C21H21N3O4. The Morgan fingerprint density at radius 2 is 1.86 bits per heavy atom. The molecule has 7 heteroatoms. The van der Waals surface area contributed by atoms with Gasteiger partial charge in [0.05, 0.1) is 25.5 Å². The summed E-state index contributed by atoms with van der Waals surface area (Å²) in [4.78, 5) is 24.2. The molecule has 3 rings (SSSR count). The van der Waals surface area contributed by atoms with Crippen molar-refractivity contribution in [1.82, 2.24) is 9.78 Å². The zero-order valence-corrected chi connectivity index (χ0v) is 16.1. The number of esters is 1. The van der Waals surface area contributed by atoms with Gasteiger partial charge in [0.15, 0.2) is 5.69 Å². The lowest BCUT2D eigenvalue weighted by atomic mass is 10.1. The Bertz CT molecular complexity index is 1040. The van der Waals surface area contributed by atoms with Crippen molar-refractivity contribution in [2.45, 2.75) is 6.92 Å². The van der Waals surface area contributed by atoms with E-state index >= 15 is 0 Å². The van der Waals surface area contributed by atoms with Gasteiger partial charge in [0.1, 0.15) is 5.75 Å². The smallest absolute Gasteiger partial charge is 0.337 e. The summed E-state index contributed by atoms with van der Waals surface area (Å²) in [6.07, 6.45) is 0. The summed E-state index contributed by atoms with van der Waals surface area (Å²) in [6, 6.07) is 14.1. The molecule has 0 unspecified atom stereocenters. The molecule has 0 fully saturated rings. The van der Waals surface area contributed by atoms with E-state index in [1.807, 2.05) is 25.1 Å². The van der Waals surface area contributed by atoms with E-state index in [-0.39, 0.29) is 11.6 Å². The summed E-state index contributed by atoms with van der Waals surface area (Å²) >= 11 is 0. The summed E-state index contributed by atoms with van der Waals surface area (Å²) in [5.74, 6) is -0.0328. The Hall–Kier alpha value is -3.61. The predicted molar refractivity (Wildman–Crippen MR) is 106 cm³/mol. The third-order valence-electron chi connectivity index (χ3n) is 4.34. The number of hydrogen-bond acceptors (Lipinski definition) is 5. The van der Waals surface area contributed by atoms with E-state index < -0.39 is 5.97 Å². The summed E-state index contributed by atoms with van der Waals surface area (Å²) in [5.41, 5.74) is 3.84.